The third-order valence-corrected chi connectivity index (χ3v) is 8.55. The minimum Gasteiger partial charge on any atom is -0.445 e. The number of esters is 1. The Morgan fingerprint density at radius 3 is 2.66 bits per heavy atom. The van der Waals surface area contributed by atoms with Crippen molar-refractivity contribution in [1.29, 1.82) is 0 Å². The van der Waals surface area contributed by atoms with Crippen molar-refractivity contribution in [2.45, 2.75) is 64.3 Å². The molecule has 1 aromatic rings. The molecule has 3 aliphatic rings. The maximum absolute atomic E-state index is 13.5. The normalized spacial score (nSPS) is 24.0. The first kappa shape index (κ1) is 31.2. The van der Waals surface area contributed by atoms with E-state index in [0.29, 0.717) is 24.5 Å². The first-order valence-electron chi connectivity index (χ1n) is 12.7. The van der Waals surface area contributed by atoms with Gasteiger partial charge in [-0.15, -0.1) is 23.1 Å². The number of nitrogens with one attached hydrogen (secondary N) is 1. The SMILES string of the molecule is CO/N=C(/C(=O)NC1C(=O)N2C(C(=S)OCOC(=O)C(C)(C)C)=C(CC3COC(C)(C)O3)CS[C@H]12)c1csc(N)n1. The summed E-state index contributed by atoms with van der Waals surface area (Å²) in [6.45, 7) is 8.81. The number of anilines is 1. The van der Waals surface area contributed by atoms with Crippen LogP contribution in [0.15, 0.2) is 21.8 Å². The van der Waals surface area contributed by atoms with Gasteiger partial charge in [-0.25, -0.2) is 4.98 Å². The number of β-lactam (4-membered cyclic amide) rings is 1. The van der Waals surface area contributed by atoms with Crippen molar-refractivity contribution < 1.29 is 38.2 Å². The number of hydrogen-bond donors (Lipinski definition) is 2. The molecule has 2 fully saturated rings. The van der Waals surface area contributed by atoms with Gasteiger partial charge < -0.3 is 34.8 Å². The number of rotatable bonds is 9. The average molecular weight is 628 g/mol. The summed E-state index contributed by atoms with van der Waals surface area (Å²) in [5, 5.41) is 7.88. The molecule has 224 valence electrons. The Morgan fingerprint density at radius 2 is 2.07 bits per heavy atom. The van der Waals surface area contributed by atoms with Crippen molar-refractivity contribution in [3.63, 3.8) is 0 Å². The highest BCUT2D eigenvalue weighted by Gasteiger charge is 2.54. The molecule has 4 rings (SSSR count). The zero-order valence-corrected chi connectivity index (χ0v) is 26.0. The lowest BCUT2D eigenvalue weighted by Gasteiger charge is -2.50. The summed E-state index contributed by atoms with van der Waals surface area (Å²) in [7, 11) is 1.30. The van der Waals surface area contributed by atoms with E-state index in [2.05, 4.69) is 15.5 Å². The van der Waals surface area contributed by atoms with Crippen molar-refractivity contribution in [1.82, 2.24) is 15.2 Å². The number of aromatic nitrogens is 1. The molecule has 4 heterocycles. The van der Waals surface area contributed by atoms with Crippen LogP contribution in [0.3, 0.4) is 0 Å². The number of amides is 2. The maximum Gasteiger partial charge on any atom is 0.314 e. The Hall–Kier alpha value is -2.79. The van der Waals surface area contributed by atoms with E-state index in [4.69, 9.17) is 41.7 Å². The van der Waals surface area contributed by atoms with Gasteiger partial charge in [0.15, 0.2) is 16.6 Å². The molecule has 0 bridgehead atoms. The molecule has 2 unspecified atom stereocenters. The third kappa shape index (κ3) is 6.99. The van der Waals surface area contributed by atoms with Crippen LogP contribution in [0, 0.1) is 5.41 Å². The summed E-state index contributed by atoms with van der Waals surface area (Å²) < 4.78 is 22.5. The van der Waals surface area contributed by atoms with E-state index in [1.807, 2.05) is 13.8 Å². The topological polar surface area (TPSA) is 164 Å². The number of carbonyl (C=O) groups excluding carboxylic acids is 3. The lowest BCUT2D eigenvalue weighted by molar-refractivity contribution is -0.160. The van der Waals surface area contributed by atoms with Crippen molar-refractivity contribution in [3.05, 3.63) is 22.3 Å². The van der Waals surface area contributed by atoms with Gasteiger partial charge >= 0.3 is 5.97 Å². The molecule has 3 N–H and O–H groups in total. The van der Waals surface area contributed by atoms with Crippen molar-refractivity contribution in [2.75, 3.05) is 32.0 Å². The molecule has 1 aromatic heterocycles. The molecule has 13 nitrogen and oxygen atoms in total. The summed E-state index contributed by atoms with van der Waals surface area (Å²) in [5.41, 5.74) is 6.33. The molecule has 0 aliphatic carbocycles. The predicted molar refractivity (Wildman–Crippen MR) is 156 cm³/mol. The molecule has 3 aliphatic heterocycles. The average Bonchev–Trinajstić information content (AvgIpc) is 3.48. The largest absolute Gasteiger partial charge is 0.445 e. The van der Waals surface area contributed by atoms with E-state index in [1.54, 1.807) is 26.2 Å². The Balaban J connectivity index is 1.52. The number of ether oxygens (including phenoxy) is 4. The number of fused-ring (bicyclic) bond motifs is 1. The minimum absolute atomic E-state index is 0.00268. The standard InChI is InChI=1S/C25H33N5O8S3/c1-24(2,3)22(33)36-11-35-21(39)17-12(7-13-8-37-25(4,5)38-13)9-40-20-16(19(32)30(17)20)28-18(31)15(29-34-6)14-10-41-23(26)27-14/h10,13,16,20H,7-9,11H2,1-6H3,(H2,26,27)(H,28,31)/b29-15+/t13?,16?,20-/m1/s1. The molecule has 2 saturated heterocycles. The number of nitrogens with two attached hydrogens (primary N) is 1. The molecule has 41 heavy (non-hydrogen) atoms. The van der Waals surface area contributed by atoms with Gasteiger partial charge in [0.05, 0.1) is 23.8 Å². The first-order chi connectivity index (χ1) is 19.2. The van der Waals surface area contributed by atoms with Gasteiger partial charge in [-0.2, -0.15) is 0 Å². The second kappa shape index (κ2) is 12.2. The smallest absolute Gasteiger partial charge is 0.314 e. The quantitative estimate of drug-likeness (QED) is 0.103. The van der Waals surface area contributed by atoms with Crippen LogP contribution in [-0.2, 0) is 38.2 Å². The number of hydrogen-bond acceptors (Lipinski definition) is 14. The summed E-state index contributed by atoms with van der Waals surface area (Å²) in [6.07, 6.45) is 0.194. The van der Waals surface area contributed by atoms with Crippen LogP contribution in [0.4, 0.5) is 5.13 Å². The van der Waals surface area contributed by atoms with Crippen LogP contribution in [0.2, 0.25) is 0 Å². The first-order valence-corrected chi connectivity index (χ1v) is 15.0. The Morgan fingerprint density at radius 1 is 1.34 bits per heavy atom. The van der Waals surface area contributed by atoms with Gasteiger partial charge in [0.1, 0.15) is 24.2 Å². The fourth-order valence-corrected chi connectivity index (χ4v) is 6.49. The zero-order valence-electron chi connectivity index (χ0n) is 23.5. The van der Waals surface area contributed by atoms with Crippen molar-refractivity contribution >= 4 is 69.0 Å². The van der Waals surface area contributed by atoms with E-state index in [1.165, 1.54) is 23.8 Å². The van der Waals surface area contributed by atoms with Crippen molar-refractivity contribution in [2.24, 2.45) is 10.6 Å². The highest BCUT2D eigenvalue weighted by molar-refractivity contribution is 8.00. The zero-order chi connectivity index (χ0) is 30.1. The Kier molecular flexibility index (Phi) is 9.28. The van der Waals surface area contributed by atoms with Gasteiger partial charge in [-0.3, -0.25) is 19.3 Å². The second-order valence-corrected chi connectivity index (χ2v) is 13.3. The van der Waals surface area contributed by atoms with Gasteiger partial charge in [0, 0.05) is 17.6 Å². The molecule has 0 saturated carbocycles. The van der Waals surface area contributed by atoms with Gasteiger partial charge in [-0.1, -0.05) is 5.16 Å². The number of carbonyl (C=O) groups is 3. The number of thioether (sulfide) groups is 1. The highest BCUT2D eigenvalue weighted by Crippen LogP contribution is 2.43. The van der Waals surface area contributed by atoms with Crippen LogP contribution < -0.4 is 11.1 Å². The van der Waals surface area contributed by atoms with Gasteiger partial charge in [-0.05, 0) is 52.4 Å². The molecule has 0 aromatic carbocycles. The van der Waals surface area contributed by atoms with Crippen LogP contribution in [0.25, 0.3) is 0 Å². The van der Waals surface area contributed by atoms with E-state index >= 15 is 0 Å². The number of nitrogen functional groups attached to an aromatic ring is 1. The van der Waals surface area contributed by atoms with E-state index in [-0.39, 0.29) is 33.6 Å². The van der Waals surface area contributed by atoms with Crippen molar-refractivity contribution in [3.8, 4) is 0 Å². The van der Waals surface area contributed by atoms with Crippen LogP contribution in [-0.4, -0.2) is 88.0 Å². The summed E-state index contributed by atoms with van der Waals surface area (Å²) >= 11 is 8.19. The molecule has 2 amide bonds. The highest BCUT2D eigenvalue weighted by atomic mass is 32.2. The van der Waals surface area contributed by atoms with Gasteiger partial charge in [0.2, 0.25) is 11.8 Å². The predicted octanol–water partition coefficient (Wildman–Crippen LogP) is 2.16. The summed E-state index contributed by atoms with van der Waals surface area (Å²) in [6, 6.07) is -0.867. The molecule has 0 spiro atoms. The second-order valence-electron chi connectivity index (χ2n) is 10.9. The maximum atomic E-state index is 13.5. The molecular weight excluding hydrogens is 595 g/mol. The number of oxime groups is 1. The van der Waals surface area contributed by atoms with Gasteiger partial charge in [0.25, 0.3) is 11.8 Å². The van der Waals surface area contributed by atoms with Crippen LogP contribution >= 0.6 is 35.3 Å². The van der Waals surface area contributed by atoms with E-state index < -0.39 is 41.3 Å². The minimum atomic E-state index is -0.867. The third-order valence-electron chi connectivity index (χ3n) is 6.22. The molecule has 16 heteroatoms. The summed E-state index contributed by atoms with van der Waals surface area (Å²) in [4.78, 5) is 49.2. The van der Waals surface area contributed by atoms with E-state index in [0.717, 1.165) is 16.9 Å². The fraction of sp³-hybridized carbons (Fsp3) is 0.600. The Labute approximate surface area is 251 Å². The van der Waals surface area contributed by atoms with Crippen LogP contribution in [0.1, 0.15) is 46.7 Å². The number of thiazole rings is 1. The molecular formula is C25H33N5O8S3. The number of thiocarbonyl (C=S) groups is 1. The molecule has 0 radical (unpaired) electrons. The van der Waals surface area contributed by atoms with E-state index in [9.17, 15) is 14.4 Å². The monoisotopic (exact) mass is 627 g/mol. The fourth-order valence-electron chi connectivity index (χ4n) is 4.29. The molecule has 3 atom stereocenters. The number of nitrogens with zero attached hydrogens (tertiary/aromatic N) is 3. The lowest BCUT2D eigenvalue weighted by atomic mass is 9.98. The van der Waals surface area contributed by atoms with Crippen LogP contribution in [0.5, 0.6) is 0 Å². The lowest BCUT2D eigenvalue weighted by Crippen LogP contribution is -2.71. The Bertz CT molecular complexity index is 1290. The summed E-state index contributed by atoms with van der Waals surface area (Å²) in [5.74, 6) is -1.72.